The molecular formula is C9H12BrNO. The second kappa shape index (κ2) is 4.60. The Balaban J connectivity index is 2.89. The number of aryl methyl sites for hydroxylation is 1. The molecule has 0 saturated carbocycles. The third-order valence-corrected chi connectivity index (χ3v) is 2.51. The first-order valence-corrected chi connectivity index (χ1v) is 4.66. The van der Waals surface area contributed by atoms with Crippen molar-refractivity contribution in [1.82, 2.24) is 0 Å². The van der Waals surface area contributed by atoms with Crippen LogP contribution in [0.1, 0.15) is 18.1 Å². The van der Waals surface area contributed by atoms with E-state index >= 15 is 0 Å². The lowest BCUT2D eigenvalue weighted by atomic mass is 10.1. The summed E-state index contributed by atoms with van der Waals surface area (Å²) in [6.45, 7) is 2.59. The molecule has 1 rings (SSSR count). The average molecular weight is 230 g/mol. The molecule has 2 nitrogen and oxygen atoms in total. The first-order chi connectivity index (χ1) is 5.77. The summed E-state index contributed by atoms with van der Waals surface area (Å²) in [7, 11) is 0. The highest BCUT2D eigenvalue weighted by atomic mass is 79.9. The van der Waals surface area contributed by atoms with Crippen LogP contribution in [0.3, 0.4) is 0 Å². The molecular weight excluding hydrogens is 218 g/mol. The molecule has 1 aromatic carbocycles. The van der Waals surface area contributed by atoms with Crippen molar-refractivity contribution >= 4 is 15.9 Å². The zero-order valence-electron chi connectivity index (χ0n) is 7.01. The molecule has 0 atom stereocenters. The van der Waals surface area contributed by atoms with E-state index in [-0.39, 0.29) is 0 Å². The van der Waals surface area contributed by atoms with Crippen LogP contribution in [0.15, 0.2) is 22.7 Å². The van der Waals surface area contributed by atoms with Crippen molar-refractivity contribution in [2.45, 2.75) is 20.0 Å². The molecule has 0 saturated heterocycles. The Morgan fingerprint density at radius 2 is 2.25 bits per heavy atom. The highest BCUT2D eigenvalue weighted by molar-refractivity contribution is 9.10. The highest BCUT2D eigenvalue weighted by Crippen LogP contribution is 2.18. The summed E-state index contributed by atoms with van der Waals surface area (Å²) < 4.78 is 1.14. The van der Waals surface area contributed by atoms with Gasteiger partial charge in [-0.1, -0.05) is 35.0 Å². The van der Waals surface area contributed by atoms with Crippen molar-refractivity contribution in [1.29, 1.82) is 0 Å². The summed E-state index contributed by atoms with van der Waals surface area (Å²) >= 11 is 3.47. The molecule has 66 valence electrons. The predicted molar refractivity (Wildman–Crippen MR) is 52.5 cm³/mol. The molecule has 0 heterocycles. The SMILES string of the molecule is CCc1cc(CON)ccc1Br. The summed E-state index contributed by atoms with van der Waals surface area (Å²) in [6.07, 6.45) is 1.01. The molecule has 0 aliphatic heterocycles. The minimum absolute atomic E-state index is 0.472. The molecule has 0 unspecified atom stereocenters. The number of hydrogen-bond acceptors (Lipinski definition) is 2. The van der Waals surface area contributed by atoms with E-state index in [4.69, 9.17) is 5.90 Å². The van der Waals surface area contributed by atoms with Gasteiger partial charge in [0.25, 0.3) is 0 Å². The maximum atomic E-state index is 4.98. The molecule has 0 aliphatic rings. The second-order valence-electron chi connectivity index (χ2n) is 2.59. The Morgan fingerprint density at radius 3 is 2.83 bits per heavy atom. The van der Waals surface area contributed by atoms with E-state index in [9.17, 15) is 0 Å². The van der Waals surface area contributed by atoms with Crippen LogP contribution >= 0.6 is 15.9 Å². The van der Waals surface area contributed by atoms with E-state index in [0.717, 1.165) is 16.5 Å². The summed E-state index contributed by atoms with van der Waals surface area (Å²) in [5.41, 5.74) is 2.39. The first-order valence-electron chi connectivity index (χ1n) is 3.87. The van der Waals surface area contributed by atoms with Gasteiger partial charge in [-0.05, 0) is 23.6 Å². The van der Waals surface area contributed by atoms with Gasteiger partial charge in [-0.3, -0.25) is 4.84 Å². The van der Waals surface area contributed by atoms with Crippen LogP contribution < -0.4 is 5.90 Å². The lowest BCUT2D eigenvalue weighted by Crippen LogP contribution is -1.99. The fraction of sp³-hybridized carbons (Fsp3) is 0.333. The Bertz CT molecular complexity index is 263. The van der Waals surface area contributed by atoms with Gasteiger partial charge in [0.15, 0.2) is 0 Å². The van der Waals surface area contributed by atoms with Gasteiger partial charge in [0.05, 0.1) is 6.61 Å². The van der Waals surface area contributed by atoms with E-state index in [1.54, 1.807) is 0 Å². The third kappa shape index (κ3) is 2.30. The van der Waals surface area contributed by atoms with Gasteiger partial charge in [-0.15, -0.1) is 0 Å². The zero-order valence-corrected chi connectivity index (χ0v) is 8.60. The van der Waals surface area contributed by atoms with Crippen LogP contribution in [-0.2, 0) is 17.9 Å². The smallest absolute Gasteiger partial charge is 0.0930 e. The van der Waals surface area contributed by atoms with Crippen LogP contribution in [0.5, 0.6) is 0 Å². The van der Waals surface area contributed by atoms with Crippen LogP contribution in [0.2, 0.25) is 0 Å². The normalized spacial score (nSPS) is 10.2. The van der Waals surface area contributed by atoms with Crippen molar-refractivity contribution in [3.8, 4) is 0 Å². The predicted octanol–water partition coefficient (Wildman–Crippen LogP) is 2.40. The van der Waals surface area contributed by atoms with E-state index < -0.39 is 0 Å². The van der Waals surface area contributed by atoms with Crippen molar-refractivity contribution in [3.63, 3.8) is 0 Å². The summed E-state index contributed by atoms with van der Waals surface area (Å²) in [4.78, 5) is 4.55. The fourth-order valence-electron chi connectivity index (χ4n) is 1.09. The van der Waals surface area contributed by atoms with Gasteiger partial charge < -0.3 is 0 Å². The molecule has 0 aliphatic carbocycles. The third-order valence-electron chi connectivity index (χ3n) is 1.74. The Morgan fingerprint density at radius 1 is 1.50 bits per heavy atom. The van der Waals surface area contributed by atoms with Gasteiger partial charge in [0, 0.05) is 4.47 Å². The van der Waals surface area contributed by atoms with Crippen LogP contribution in [0, 0.1) is 0 Å². The van der Waals surface area contributed by atoms with Gasteiger partial charge in [0.1, 0.15) is 0 Å². The molecule has 3 heteroatoms. The monoisotopic (exact) mass is 229 g/mol. The fourth-order valence-corrected chi connectivity index (χ4v) is 1.61. The topological polar surface area (TPSA) is 35.2 Å². The second-order valence-corrected chi connectivity index (χ2v) is 3.44. The highest BCUT2D eigenvalue weighted by Gasteiger charge is 1.98. The number of rotatable bonds is 3. The van der Waals surface area contributed by atoms with Crippen molar-refractivity contribution in [2.75, 3.05) is 0 Å². The summed E-state index contributed by atoms with van der Waals surface area (Å²) in [5.74, 6) is 4.98. The van der Waals surface area contributed by atoms with Crippen molar-refractivity contribution in [2.24, 2.45) is 5.90 Å². The minimum atomic E-state index is 0.472. The van der Waals surface area contributed by atoms with Crippen molar-refractivity contribution in [3.05, 3.63) is 33.8 Å². The quantitative estimate of drug-likeness (QED) is 0.809. The summed E-state index contributed by atoms with van der Waals surface area (Å²) in [5, 5.41) is 0. The zero-order chi connectivity index (χ0) is 8.97. The molecule has 0 radical (unpaired) electrons. The van der Waals surface area contributed by atoms with Crippen LogP contribution in [0.4, 0.5) is 0 Å². The van der Waals surface area contributed by atoms with Crippen LogP contribution in [0.25, 0.3) is 0 Å². The molecule has 0 spiro atoms. The Labute approximate surface area is 80.8 Å². The average Bonchev–Trinajstić information content (AvgIpc) is 2.09. The van der Waals surface area contributed by atoms with E-state index in [1.807, 2.05) is 12.1 Å². The van der Waals surface area contributed by atoms with Gasteiger partial charge >= 0.3 is 0 Å². The number of halogens is 1. The number of hydrogen-bond donors (Lipinski definition) is 1. The van der Waals surface area contributed by atoms with Gasteiger partial charge in [-0.25, -0.2) is 5.90 Å². The molecule has 2 N–H and O–H groups in total. The van der Waals surface area contributed by atoms with E-state index in [1.165, 1.54) is 5.56 Å². The molecule has 0 amide bonds. The van der Waals surface area contributed by atoms with Gasteiger partial charge in [-0.2, -0.15) is 0 Å². The van der Waals surface area contributed by atoms with Gasteiger partial charge in [0.2, 0.25) is 0 Å². The molecule has 12 heavy (non-hydrogen) atoms. The lowest BCUT2D eigenvalue weighted by molar-refractivity contribution is 0.124. The standard InChI is InChI=1S/C9H12BrNO/c1-2-8-5-7(6-12-11)3-4-9(8)10/h3-5H,2,6,11H2,1H3. The number of benzene rings is 1. The first kappa shape index (κ1) is 9.71. The molecule has 1 aromatic rings. The Hall–Kier alpha value is -0.380. The molecule has 0 fully saturated rings. The molecule has 0 bridgehead atoms. The lowest BCUT2D eigenvalue weighted by Gasteiger charge is -2.04. The summed E-state index contributed by atoms with van der Waals surface area (Å²) in [6, 6.07) is 6.11. The maximum absolute atomic E-state index is 4.98. The van der Waals surface area contributed by atoms with Crippen molar-refractivity contribution < 1.29 is 4.84 Å². The Kier molecular flexibility index (Phi) is 3.72. The van der Waals surface area contributed by atoms with E-state index in [0.29, 0.717) is 6.61 Å². The number of nitrogens with two attached hydrogens (primary N) is 1. The van der Waals surface area contributed by atoms with E-state index in [2.05, 4.69) is 33.8 Å². The maximum Gasteiger partial charge on any atom is 0.0930 e. The molecule has 0 aromatic heterocycles. The largest absolute Gasteiger partial charge is 0.300 e. The van der Waals surface area contributed by atoms with Crippen LogP contribution in [-0.4, -0.2) is 0 Å². The minimum Gasteiger partial charge on any atom is -0.300 e.